The third-order valence-corrected chi connectivity index (χ3v) is 3.49. The van der Waals surface area contributed by atoms with Gasteiger partial charge in [0, 0.05) is 19.3 Å². The number of aliphatic hydroxyl groups excluding tert-OH is 1. The maximum absolute atomic E-state index is 11.5. The Balaban J connectivity index is 2.26. The lowest BCUT2D eigenvalue weighted by Crippen LogP contribution is -2.19. The Morgan fingerprint density at radius 2 is 2.07 bits per heavy atom. The van der Waals surface area contributed by atoms with Crippen LogP contribution in [0.1, 0.15) is 5.56 Å². The number of nitrogens with zero attached hydrogens (tertiary/aromatic N) is 3. The van der Waals surface area contributed by atoms with Crippen molar-refractivity contribution >= 4 is 5.69 Å². The average molecular weight is 377 g/mol. The second-order valence-corrected chi connectivity index (χ2v) is 5.30. The molecule has 0 aliphatic rings. The predicted octanol–water partition coefficient (Wildman–Crippen LogP) is 1.20. The molecule has 144 valence electrons. The Morgan fingerprint density at radius 1 is 1.30 bits per heavy atom. The number of hydrogen-bond donors (Lipinski definition) is 1. The van der Waals surface area contributed by atoms with Gasteiger partial charge in [0.05, 0.1) is 30.3 Å². The van der Waals surface area contributed by atoms with Crippen molar-refractivity contribution in [2.45, 2.75) is 6.61 Å². The molecule has 10 heteroatoms. The summed E-state index contributed by atoms with van der Waals surface area (Å²) in [5.74, 6) is 0.525. The number of aryl methyl sites for hydroxylation is 1. The van der Waals surface area contributed by atoms with Crippen molar-refractivity contribution < 1.29 is 24.2 Å². The summed E-state index contributed by atoms with van der Waals surface area (Å²) in [4.78, 5) is 26.1. The molecule has 0 saturated carbocycles. The van der Waals surface area contributed by atoms with E-state index in [2.05, 4.69) is 4.98 Å². The van der Waals surface area contributed by atoms with E-state index in [4.69, 9.17) is 19.3 Å². The van der Waals surface area contributed by atoms with Gasteiger partial charge in [0.15, 0.2) is 11.5 Å². The van der Waals surface area contributed by atoms with Crippen molar-refractivity contribution in [2.24, 2.45) is 7.05 Å². The third-order valence-electron chi connectivity index (χ3n) is 3.49. The monoisotopic (exact) mass is 377 g/mol. The highest BCUT2D eigenvalue weighted by Crippen LogP contribution is 2.35. The molecule has 1 N–H and O–H groups in total. The number of aliphatic hydroxyl groups is 1. The fourth-order valence-electron chi connectivity index (χ4n) is 2.11. The van der Waals surface area contributed by atoms with Crippen LogP contribution in [-0.2, 0) is 13.7 Å². The largest absolute Gasteiger partial charge is 0.493 e. The minimum atomic E-state index is -0.563. The lowest BCUT2D eigenvalue weighted by molar-refractivity contribution is -0.385. The standard InChI is InChI=1S/C17H19N3O7/c1-19-6-5-16(18-17(19)22)27-11-12-9-14(25-2)15(10-13(12)20(23)24)26-8-4-3-7-21/h3-6,9-10,21H,7-8,11H2,1-2H3/b4-3+. The maximum Gasteiger partial charge on any atom is 0.350 e. The van der Waals surface area contributed by atoms with Gasteiger partial charge in [-0.1, -0.05) is 6.08 Å². The number of benzene rings is 1. The van der Waals surface area contributed by atoms with Gasteiger partial charge in [0.25, 0.3) is 5.69 Å². The molecule has 0 aliphatic carbocycles. The number of methoxy groups -OCH3 is 1. The van der Waals surface area contributed by atoms with Gasteiger partial charge < -0.3 is 23.9 Å². The van der Waals surface area contributed by atoms with Crippen LogP contribution in [0.2, 0.25) is 0 Å². The summed E-state index contributed by atoms with van der Waals surface area (Å²) in [5.41, 5.74) is -0.488. The molecule has 2 aromatic rings. The molecule has 10 nitrogen and oxygen atoms in total. The number of aromatic nitrogens is 2. The van der Waals surface area contributed by atoms with Gasteiger partial charge in [-0.15, -0.1) is 0 Å². The first-order valence-corrected chi connectivity index (χ1v) is 7.86. The van der Waals surface area contributed by atoms with E-state index in [1.807, 2.05) is 0 Å². The second-order valence-electron chi connectivity index (χ2n) is 5.30. The third kappa shape index (κ3) is 5.28. The molecule has 0 atom stereocenters. The summed E-state index contributed by atoms with van der Waals surface area (Å²) >= 11 is 0. The molecule has 0 saturated heterocycles. The molecule has 0 fully saturated rings. The lowest BCUT2D eigenvalue weighted by atomic mass is 10.1. The van der Waals surface area contributed by atoms with Gasteiger partial charge in [-0.2, -0.15) is 4.98 Å². The fourth-order valence-corrected chi connectivity index (χ4v) is 2.11. The van der Waals surface area contributed by atoms with E-state index in [0.29, 0.717) is 0 Å². The van der Waals surface area contributed by atoms with E-state index in [-0.39, 0.29) is 48.5 Å². The molecule has 0 bridgehead atoms. The summed E-state index contributed by atoms with van der Waals surface area (Å²) in [5, 5.41) is 20.1. The summed E-state index contributed by atoms with van der Waals surface area (Å²) in [7, 11) is 2.95. The van der Waals surface area contributed by atoms with Gasteiger partial charge >= 0.3 is 5.69 Å². The van der Waals surface area contributed by atoms with Crippen molar-refractivity contribution in [3.63, 3.8) is 0 Å². The quantitative estimate of drug-likeness (QED) is 0.392. The Kier molecular flexibility index (Phi) is 6.89. The van der Waals surface area contributed by atoms with Crippen LogP contribution >= 0.6 is 0 Å². The zero-order valence-corrected chi connectivity index (χ0v) is 14.8. The van der Waals surface area contributed by atoms with Crippen LogP contribution in [0.4, 0.5) is 5.69 Å². The van der Waals surface area contributed by atoms with Crippen LogP contribution in [0.3, 0.4) is 0 Å². The van der Waals surface area contributed by atoms with Crippen molar-refractivity contribution in [1.29, 1.82) is 0 Å². The number of rotatable bonds is 9. The zero-order valence-electron chi connectivity index (χ0n) is 14.8. The molecule has 0 amide bonds. The Hall–Kier alpha value is -3.40. The Bertz CT molecular complexity index is 893. The summed E-state index contributed by atoms with van der Waals surface area (Å²) < 4.78 is 17.3. The van der Waals surface area contributed by atoms with Gasteiger partial charge in [-0.3, -0.25) is 10.1 Å². The van der Waals surface area contributed by atoms with Gasteiger partial charge in [0.2, 0.25) is 5.88 Å². The summed E-state index contributed by atoms with van der Waals surface area (Å²) in [6.45, 7) is -0.202. The molecule has 27 heavy (non-hydrogen) atoms. The van der Waals surface area contributed by atoms with Gasteiger partial charge in [0.1, 0.15) is 13.2 Å². The van der Waals surface area contributed by atoms with Crippen LogP contribution in [0.25, 0.3) is 0 Å². The average Bonchev–Trinajstić information content (AvgIpc) is 2.66. The van der Waals surface area contributed by atoms with E-state index < -0.39 is 10.6 Å². The first-order chi connectivity index (χ1) is 13.0. The van der Waals surface area contributed by atoms with Crippen LogP contribution in [0.5, 0.6) is 17.4 Å². The Morgan fingerprint density at radius 3 is 2.70 bits per heavy atom. The van der Waals surface area contributed by atoms with Crippen LogP contribution in [0.15, 0.2) is 41.3 Å². The first kappa shape index (κ1) is 19.9. The van der Waals surface area contributed by atoms with E-state index >= 15 is 0 Å². The normalized spacial score (nSPS) is 10.8. The number of hydrogen-bond acceptors (Lipinski definition) is 8. The number of nitro benzene ring substituents is 1. The SMILES string of the molecule is COc1cc(COc2ccn(C)c(=O)n2)c([N+](=O)[O-])cc1OC/C=C/CO. The molecular formula is C17H19N3O7. The topological polar surface area (TPSA) is 126 Å². The van der Waals surface area contributed by atoms with E-state index in [1.165, 1.54) is 42.1 Å². The fraction of sp³-hybridized carbons (Fsp3) is 0.294. The molecule has 1 aromatic heterocycles. The highest BCUT2D eigenvalue weighted by atomic mass is 16.6. The van der Waals surface area contributed by atoms with Crippen molar-refractivity contribution in [1.82, 2.24) is 9.55 Å². The molecule has 1 heterocycles. The molecular weight excluding hydrogens is 358 g/mol. The molecule has 0 radical (unpaired) electrons. The molecule has 0 aliphatic heterocycles. The minimum Gasteiger partial charge on any atom is -0.493 e. The molecule has 1 aromatic carbocycles. The zero-order chi connectivity index (χ0) is 19.8. The van der Waals surface area contributed by atoms with Crippen LogP contribution in [-0.4, -0.2) is 39.9 Å². The van der Waals surface area contributed by atoms with E-state index in [9.17, 15) is 14.9 Å². The highest BCUT2D eigenvalue weighted by molar-refractivity contribution is 5.54. The predicted molar refractivity (Wildman–Crippen MR) is 95.2 cm³/mol. The molecule has 2 rings (SSSR count). The van der Waals surface area contributed by atoms with Gasteiger partial charge in [-0.05, 0) is 12.1 Å². The Labute approximate surface area is 154 Å². The second kappa shape index (κ2) is 9.34. The van der Waals surface area contributed by atoms with Crippen LogP contribution < -0.4 is 19.9 Å². The minimum absolute atomic E-state index is 0.0563. The summed E-state index contributed by atoms with van der Waals surface area (Å²) in [6.07, 6.45) is 4.54. The van der Waals surface area contributed by atoms with Crippen molar-refractivity contribution in [3.8, 4) is 17.4 Å². The van der Waals surface area contributed by atoms with Crippen molar-refractivity contribution in [2.75, 3.05) is 20.3 Å². The van der Waals surface area contributed by atoms with E-state index in [1.54, 1.807) is 13.1 Å². The highest BCUT2D eigenvalue weighted by Gasteiger charge is 2.20. The van der Waals surface area contributed by atoms with Gasteiger partial charge in [-0.25, -0.2) is 4.79 Å². The van der Waals surface area contributed by atoms with E-state index in [0.717, 1.165) is 0 Å². The maximum atomic E-state index is 11.5. The summed E-state index contributed by atoms with van der Waals surface area (Å²) in [6, 6.07) is 4.15. The van der Waals surface area contributed by atoms with Crippen LogP contribution in [0, 0.1) is 10.1 Å². The number of nitro groups is 1. The smallest absolute Gasteiger partial charge is 0.350 e. The lowest BCUT2D eigenvalue weighted by Gasteiger charge is -2.12. The number of ether oxygens (including phenoxy) is 3. The first-order valence-electron chi connectivity index (χ1n) is 7.86. The molecule has 0 spiro atoms. The van der Waals surface area contributed by atoms with Crippen molar-refractivity contribution in [3.05, 3.63) is 62.7 Å². The molecule has 0 unspecified atom stereocenters.